The molecule has 1 aliphatic rings. The van der Waals surface area contributed by atoms with E-state index in [4.69, 9.17) is 0 Å². The summed E-state index contributed by atoms with van der Waals surface area (Å²) < 4.78 is 1.45. The van der Waals surface area contributed by atoms with Crippen molar-refractivity contribution in [2.24, 2.45) is 13.0 Å². The largest absolute Gasteiger partial charge is 0.357 e. The molecule has 1 fully saturated rings. The predicted molar refractivity (Wildman–Crippen MR) is 90.7 cm³/mol. The van der Waals surface area contributed by atoms with E-state index < -0.39 is 0 Å². The van der Waals surface area contributed by atoms with Gasteiger partial charge in [0.25, 0.3) is 11.5 Å². The van der Waals surface area contributed by atoms with Gasteiger partial charge >= 0.3 is 0 Å². The first-order valence-electron chi connectivity index (χ1n) is 8.19. The molecular weight excluding hydrogens is 292 g/mol. The molecule has 2 N–H and O–H groups in total. The van der Waals surface area contributed by atoms with Crippen LogP contribution in [0.4, 0.5) is 0 Å². The molecule has 0 aliphatic carbocycles. The smallest absolute Gasteiger partial charge is 0.274 e. The third-order valence-electron chi connectivity index (χ3n) is 4.82. The van der Waals surface area contributed by atoms with Gasteiger partial charge < -0.3 is 19.8 Å². The number of aromatic nitrogens is 2. The molecule has 6 heteroatoms. The first-order valence-corrected chi connectivity index (χ1v) is 8.19. The number of hydrogen-bond acceptors (Lipinski definition) is 3. The Labute approximate surface area is 135 Å². The monoisotopic (exact) mass is 316 g/mol. The van der Waals surface area contributed by atoms with Crippen molar-refractivity contribution in [1.29, 1.82) is 0 Å². The van der Waals surface area contributed by atoms with Crippen LogP contribution in [0.25, 0.3) is 10.9 Å². The lowest BCUT2D eigenvalue weighted by molar-refractivity contribution is 0.0950. The van der Waals surface area contributed by atoms with Gasteiger partial charge in [0.2, 0.25) is 0 Å². The highest BCUT2D eigenvalue weighted by Gasteiger charge is 2.18. The van der Waals surface area contributed by atoms with Gasteiger partial charge in [0, 0.05) is 31.4 Å². The Hall–Kier alpha value is -2.08. The number of amides is 1. The van der Waals surface area contributed by atoms with Crippen LogP contribution in [0.2, 0.25) is 0 Å². The quantitative estimate of drug-likeness (QED) is 0.894. The second kappa shape index (κ2) is 6.58. The molecule has 1 aliphatic heterocycles. The number of carbonyl (C=O) groups excluding carboxylic acids is 1. The van der Waals surface area contributed by atoms with Crippen molar-refractivity contribution in [3.05, 3.63) is 34.4 Å². The van der Waals surface area contributed by atoms with Gasteiger partial charge in [0.05, 0.1) is 5.56 Å². The van der Waals surface area contributed by atoms with E-state index in [-0.39, 0.29) is 11.5 Å². The molecule has 1 amide bonds. The van der Waals surface area contributed by atoms with E-state index in [0.717, 1.165) is 19.5 Å². The van der Waals surface area contributed by atoms with Gasteiger partial charge in [-0.05, 0) is 51.4 Å². The molecule has 2 aromatic heterocycles. The fourth-order valence-corrected chi connectivity index (χ4v) is 3.29. The summed E-state index contributed by atoms with van der Waals surface area (Å²) in [6.07, 6.45) is 6.73. The summed E-state index contributed by atoms with van der Waals surface area (Å²) in [6.45, 7) is 2.97. The summed E-state index contributed by atoms with van der Waals surface area (Å²) in [5.74, 6) is 0.581. The van der Waals surface area contributed by atoms with E-state index in [0.29, 0.717) is 28.9 Å². The summed E-state index contributed by atoms with van der Waals surface area (Å²) in [5.41, 5.74) is 0.912. The van der Waals surface area contributed by atoms with E-state index in [1.54, 1.807) is 25.5 Å². The van der Waals surface area contributed by atoms with Gasteiger partial charge in [-0.2, -0.15) is 0 Å². The normalized spacial score (nSPS) is 16.8. The minimum absolute atomic E-state index is 0.113. The number of fused-ring (bicyclic) bond motifs is 1. The first-order chi connectivity index (χ1) is 11.1. The lowest BCUT2D eigenvalue weighted by Gasteiger charge is -2.28. The van der Waals surface area contributed by atoms with Gasteiger partial charge in [-0.1, -0.05) is 0 Å². The molecule has 1 saturated heterocycles. The average molecular weight is 316 g/mol. The number of likely N-dealkylation sites (tertiary alicyclic amines) is 1. The SMILES string of the molecule is CN1CCC(CCNC(=O)c2cn(C)c(=O)c3[nH]ccc23)CC1. The molecule has 0 bridgehead atoms. The molecule has 3 heterocycles. The molecule has 124 valence electrons. The van der Waals surface area contributed by atoms with Crippen LogP contribution >= 0.6 is 0 Å². The number of nitrogens with one attached hydrogen (secondary N) is 2. The van der Waals surface area contributed by atoms with Gasteiger partial charge in [0.1, 0.15) is 5.52 Å². The second-order valence-electron chi connectivity index (χ2n) is 6.52. The summed E-state index contributed by atoms with van der Waals surface area (Å²) in [7, 11) is 3.82. The summed E-state index contributed by atoms with van der Waals surface area (Å²) in [6, 6.07) is 1.78. The molecule has 0 saturated carbocycles. The first kappa shape index (κ1) is 15.8. The Kier molecular flexibility index (Phi) is 4.52. The molecule has 2 aromatic rings. The zero-order valence-corrected chi connectivity index (χ0v) is 13.8. The van der Waals surface area contributed by atoms with Crippen LogP contribution in [0.3, 0.4) is 0 Å². The lowest BCUT2D eigenvalue weighted by Crippen LogP contribution is -2.33. The predicted octanol–water partition coefficient (Wildman–Crippen LogP) is 1.33. The van der Waals surface area contributed by atoms with Crippen molar-refractivity contribution in [3.63, 3.8) is 0 Å². The number of carbonyl (C=O) groups is 1. The lowest BCUT2D eigenvalue weighted by atomic mass is 9.94. The van der Waals surface area contributed by atoms with E-state index >= 15 is 0 Å². The minimum Gasteiger partial charge on any atom is -0.357 e. The van der Waals surface area contributed by atoms with Crippen LogP contribution in [0.15, 0.2) is 23.3 Å². The van der Waals surface area contributed by atoms with Crippen LogP contribution in [-0.2, 0) is 7.05 Å². The third-order valence-corrected chi connectivity index (χ3v) is 4.82. The van der Waals surface area contributed by atoms with E-state index in [1.807, 2.05) is 0 Å². The van der Waals surface area contributed by atoms with Crippen LogP contribution in [-0.4, -0.2) is 47.0 Å². The van der Waals surface area contributed by atoms with Crippen LogP contribution in [0.1, 0.15) is 29.6 Å². The molecular formula is C17H24N4O2. The standard InChI is InChI=1S/C17H24N4O2/c1-20-9-5-12(6-10-20)3-7-19-16(22)14-11-21(2)17(23)15-13(14)4-8-18-15/h4,8,11-12,18H,3,5-7,9-10H2,1-2H3,(H,19,22). The minimum atomic E-state index is -0.118. The Morgan fingerprint density at radius 1 is 1.35 bits per heavy atom. The molecule has 0 radical (unpaired) electrons. The summed E-state index contributed by atoms with van der Waals surface area (Å²) in [4.78, 5) is 29.7. The fourth-order valence-electron chi connectivity index (χ4n) is 3.29. The zero-order chi connectivity index (χ0) is 16.4. The highest BCUT2D eigenvalue weighted by Crippen LogP contribution is 2.19. The van der Waals surface area contributed by atoms with Crippen LogP contribution in [0, 0.1) is 5.92 Å². The molecule has 23 heavy (non-hydrogen) atoms. The maximum absolute atomic E-state index is 12.5. The van der Waals surface area contributed by atoms with E-state index in [2.05, 4.69) is 22.2 Å². The second-order valence-corrected chi connectivity index (χ2v) is 6.52. The van der Waals surface area contributed by atoms with Crippen molar-refractivity contribution in [1.82, 2.24) is 19.8 Å². The molecule has 0 atom stereocenters. The fraction of sp³-hybridized carbons (Fsp3) is 0.529. The van der Waals surface area contributed by atoms with Gasteiger partial charge in [-0.15, -0.1) is 0 Å². The molecule has 3 rings (SSSR count). The molecule has 0 spiro atoms. The number of hydrogen-bond donors (Lipinski definition) is 2. The number of aryl methyl sites for hydroxylation is 1. The summed E-state index contributed by atoms with van der Waals surface area (Å²) in [5, 5.41) is 3.69. The summed E-state index contributed by atoms with van der Waals surface area (Å²) >= 11 is 0. The number of aromatic amines is 1. The van der Waals surface area contributed by atoms with E-state index in [9.17, 15) is 9.59 Å². The Balaban J connectivity index is 1.64. The zero-order valence-electron chi connectivity index (χ0n) is 13.8. The number of H-pyrrole nitrogens is 1. The number of rotatable bonds is 4. The van der Waals surface area contributed by atoms with Crippen molar-refractivity contribution >= 4 is 16.8 Å². The van der Waals surface area contributed by atoms with Crippen LogP contribution < -0.4 is 10.9 Å². The van der Waals surface area contributed by atoms with Crippen molar-refractivity contribution in [2.45, 2.75) is 19.3 Å². The Morgan fingerprint density at radius 3 is 2.83 bits per heavy atom. The highest BCUT2D eigenvalue weighted by atomic mass is 16.2. The number of piperidine rings is 1. The number of pyridine rings is 1. The molecule has 0 unspecified atom stereocenters. The van der Waals surface area contributed by atoms with Crippen molar-refractivity contribution in [2.75, 3.05) is 26.7 Å². The van der Waals surface area contributed by atoms with Crippen molar-refractivity contribution < 1.29 is 4.79 Å². The van der Waals surface area contributed by atoms with E-state index in [1.165, 1.54) is 17.4 Å². The Bertz CT molecular complexity index is 754. The average Bonchev–Trinajstić information content (AvgIpc) is 3.02. The third kappa shape index (κ3) is 3.32. The topological polar surface area (TPSA) is 70.1 Å². The maximum Gasteiger partial charge on any atom is 0.274 e. The van der Waals surface area contributed by atoms with Crippen LogP contribution in [0.5, 0.6) is 0 Å². The Morgan fingerprint density at radius 2 is 2.09 bits per heavy atom. The van der Waals surface area contributed by atoms with Gasteiger partial charge in [0.15, 0.2) is 0 Å². The highest BCUT2D eigenvalue weighted by molar-refractivity contribution is 6.05. The van der Waals surface area contributed by atoms with Gasteiger partial charge in [-0.25, -0.2) is 0 Å². The van der Waals surface area contributed by atoms with Crippen molar-refractivity contribution in [3.8, 4) is 0 Å². The van der Waals surface area contributed by atoms with Gasteiger partial charge in [-0.3, -0.25) is 9.59 Å². The molecule has 0 aromatic carbocycles. The molecule has 6 nitrogen and oxygen atoms in total. The number of nitrogens with zero attached hydrogens (tertiary/aromatic N) is 2. The maximum atomic E-state index is 12.5.